The van der Waals surface area contributed by atoms with Crippen molar-refractivity contribution in [1.82, 2.24) is 0 Å². The Morgan fingerprint density at radius 1 is 0.947 bits per heavy atom. The third-order valence-electron chi connectivity index (χ3n) is 2.46. The predicted molar refractivity (Wildman–Crippen MR) is 67.7 cm³/mol. The van der Waals surface area contributed by atoms with Crippen molar-refractivity contribution in [3.63, 3.8) is 0 Å². The lowest BCUT2D eigenvalue weighted by Crippen LogP contribution is -2.04. The molecule has 100 valence electrons. The molecule has 0 fully saturated rings. The van der Waals surface area contributed by atoms with Gasteiger partial charge in [-0.1, -0.05) is 6.07 Å². The Kier molecular flexibility index (Phi) is 4.09. The summed E-state index contributed by atoms with van der Waals surface area (Å²) in [6.45, 7) is 0.0456. The minimum absolute atomic E-state index is 0.0456. The summed E-state index contributed by atoms with van der Waals surface area (Å²) in [4.78, 5) is 0. The maximum Gasteiger partial charge on any atom is 0.182 e. The molecule has 0 aliphatic heterocycles. The van der Waals surface area contributed by atoms with E-state index >= 15 is 0 Å². The van der Waals surface area contributed by atoms with E-state index in [4.69, 9.17) is 0 Å². The summed E-state index contributed by atoms with van der Waals surface area (Å²) in [7, 11) is 0. The van der Waals surface area contributed by atoms with Crippen molar-refractivity contribution in [1.29, 1.82) is 0 Å². The van der Waals surface area contributed by atoms with Gasteiger partial charge in [-0.3, -0.25) is 0 Å². The smallest absolute Gasteiger partial charge is 0.182 e. The Morgan fingerprint density at radius 3 is 2.37 bits per heavy atom. The van der Waals surface area contributed by atoms with E-state index in [9.17, 15) is 17.6 Å². The van der Waals surface area contributed by atoms with Crippen molar-refractivity contribution in [2.45, 2.75) is 6.54 Å². The van der Waals surface area contributed by atoms with Gasteiger partial charge in [0.1, 0.15) is 11.6 Å². The second kappa shape index (κ2) is 5.61. The average molecular weight is 334 g/mol. The largest absolute Gasteiger partial charge is 0.378 e. The zero-order valence-corrected chi connectivity index (χ0v) is 11.1. The monoisotopic (exact) mass is 333 g/mol. The van der Waals surface area contributed by atoms with Gasteiger partial charge in [0.15, 0.2) is 11.6 Å². The van der Waals surface area contributed by atoms with E-state index in [0.717, 1.165) is 6.07 Å². The van der Waals surface area contributed by atoms with Crippen molar-refractivity contribution in [2.24, 2.45) is 0 Å². The second-order valence-electron chi connectivity index (χ2n) is 3.85. The van der Waals surface area contributed by atoms with Gasteiger partial charge >= 0.3 is 0 Å². The third kappa shape index (κ3) is 3.26. The molecule has 6 heteroatoms. The number of halogens is 5. The van der Waals surface area contributed by atoms with Crippen molar-refractivity contribution in [3.8, 4) is 0 Å². The number of nitrogens with one attached hydrogen (secondary N) is 1. The van der Waals surface area contributed by atoms with Crippen LogP contribution in [0, 0.1) is 23.3 Å². The quantitative estimate of drug-likeness (QED) is 0.638. The van der Waals surface area contributed by atoms with Gasteiger partial charge in [0.2, 0.25) is 0 Å². The first-order chi connectivity index (χ1) is 8.97. The zero-order chi connectivity index (χ0) is 14.0. The first kappa shape index (κ1) is 13.9. The lowest BCUT2D eigenvalue weighted by Gasteiger charge is -2.09. The molecule has 0 heterocycles. The fourth-order valence-corrected chi connectivity index (χ4v) is 1.78. The zero-order valence-electron chi connectivity index (χ0n) is 9.48. The van der Waals surface area contributed by atoms with Gasteiger partial charge in [-0.05, 0) is 33.6 Å². The van der Waals surface area contributed by atoms with Gasteiger partial charge in [-0.15, -0.1) is 0 Å². The van der Waals surface area contributed by atoms with Gasteiger partial charge in [-0.2, -0.15) is 0 Å². The molecule has 0 bridgehead atoms. The fraction of sp³-hybridized carbons (Fsp3) is 0.0769. The van der Waals surface area contributed by atoms with Crippen LogP contribution < -0.4 is 5.32 Å². The number of anilines is 1. The van der Waals surface area contributed by atoms with E-state index in [0.29, 0.717) is 16.1 Å². The molecule has 0 amide bonds. The Morgan fingerprint density at radius 2 is 1.68 bits per heavy atom. The van der Waals surface area contributed by atoms with Gasteiger partial charge in [-0.25, -0.2) is 17.6 Å². The number of rotatable bonds is 3. The highest BCUT2D eigenvalue weighted by Gasteiger charge is 2.11. The molecule has 1 nitrogen and oxygen atoms in total. The van der Waals surface area contributed by atoms with Crippen LogP contribution in [0.15, 0.2) is 34.8 Å². The van der Waals surface area contributed by atoms with E-state index in [1.54, 1.807) is 6.07 Å². The molecule has 0 aromatic heterocycles. The van der Waals surface area contributed by atoms with E-state index in [2.05, 4.69) is 21.2 Å². The van der Waals surface area contributed by atoms with Crippen LogP contribution in [0.2, 0.25) is 0 Å². The van der Waals surface area contributed by atoms with Gasteiger partial charge in [0, 0.05) is 18.7 Å². The molecular formula is C13H8BrF4N. The van der Waals surface area contributed by atoms with Crippen LogP contribution in [0.1, 0.15) is 5.56 Å². The molecule has 0 radical (unpaired) electrons. The first-order valence-corrected chi connectivity index (χ1v) is 6.09. The first-order valence-electron chi connectivity index (χ1n) is 5.29. The van der Waals surface area contributed by atoms with E-state index in [-0.39, 0.29) is 12.2 Å². The molecule has 0 saturated carbocycles. The van der Waals surface area contributed by atoms with Crippen molar-refractivity contribution in [2.75, 3.05) is 5.32 Å². The van der Waals surface area contributed by atoms with Crippen LogP contribution in [0.25, 0.3) is 0 Å². The highest BCUT2D eigenvalue weighted by Crippen LogP contribution is 2.21. The molecule has 2 aromatic carbocycles. The lowest BCUT2D eigenvalue weighted by atomic mass is 10.2. The molecule has 0 spiro atoms. The van der Waals surface area contributed by atoms with Crippen LogP contribution in [0.5, 0.6) is 0 Å². The summed E-state index contributed by atoms with van der Waals surface area (Å²) < 4.78 is 52.8. The lowest BCUT2D eigenvalue weighted by molar-refractivity contribution is 0.497. The second-order valence-corrected chi connectivity index (χ2v) is 4.71. The molecule has 0 unspecified atom stereocenters. The van der Waals surface area contributed by atoms with Gasteiger partial charge < -0.3 is 5.32 Å². The molecule has 0 atom stereocenters. The Bertz CT molecular complexity index is 616. The van der Waals surface area contributed by atoms with E-state index < -0.39 is 23.3 Å². The summed E-state index contributed by atoms with van der Waals surface area (Å²) >= 11 is 3.00. The molecule has 0 aliphatic rings. The fourth-order valence-electron chi connectivity index (χ4n) is 1.53. The molecule has 2 rings (SSSR count). The summed E-state index contributed by atoms with van der Waals surface area (Å²) in [6, 6.07) is 5.64. The Balaban J connectivity index is 2.16. The number of benzene rings is 2. The Labute approximate surface area is 115 Å². The topological polar surface area (TPSA) is 12.0 Å². The molecule has 19 heavy (non-hydrogen) atoms. The minimum atomic E-state index is -1.27. The van der Waals surface area contributed by atoms with Crippen molar-refractivity contribution in [3.05, 3.63) is 63.6 Å². The Hall–Kier alpha value is -1.56. The van der Waals surface area contributed by atoms with Gasteiger partial charge in [0.05, 0.1) is 10.2 Å². The normalized spacial score (nSPS) is 10.6. The number of hydrogen-bond donors (Lipinski definition) is 1. The minimum Gasteiger partial charge on any atom is -0.378 e. The summed E-state index contributed by atoms with van der Waals surface area (Å²) in [5, 5.41) is 2.52. The van der Waals surface area contributed by atoms with Crippen LogP contribution in [-0.4, -0.2) is 0 Å². The van der Waals surface area contributed by atoms with E-state index in [1.165, 1.54) is 12.1 Å². The molecule has 1 N–H and O–H groups in total. The molecule has 0 saturated heterocycles. The van der Waals surface area contributed by atoms with Gasteiger partial charge in [0.25, 0.3) is 0 Å². The van der Waals surface area contributed by atoms with Crippen LogP contribution in [0.4, 0.5) is 23.2 Å². The molecule has 2 aromatic rings. The van der Waals surface area contributed by atoms with E-state index in [1.807, 2.05) is 0 Å². The van der Waals surface area contributed by atoms with Crippen LogP contribution >= 0.6 is 15.9 Å². The SMILES string of the molecule is Fc1cc(F)c(F)c(NCc2ccc(Br)c(F)c2)c1. The van der Waals surface area contributed by atoms with Crippen molar-refractivity contribution < 1.29 is 17.6 Å². The predicted octanol–water partition coefficient (Wildman–Crippen LogP) is 4.62. The highest BCUT2D eigenvalue weighted by molar-refractivity contribution is 9.10. The molecule has 0 aliphatic carbocycles. The third-order valence-corrected chi connectivity index (χ3v) is 3.10. The molecular weight excluding hydrogens is 326 g/mol. The summed E-state index contributed by atoms with van der Waals surface area (Å²) in [5.41, 5.74) is 0.214. The van der Waals surface area contributed by atoms with Crippen LogP contribution in [-0.2, 0) is 6.54 Å². The summed E-state index contributed by atoms with van der Waals surface area (Å²) in [6.07, 6.45) is 0. The number of hydrogen-bond acceptors (Lipinski definition) is 1. The maximum absolute atomic E-state index is 13.3. The summed E-state index contributed by atoms with van der Waals surface area (Å²) in [5.74, 6) is -3.79. The standard InChI is InChI=1S/C13H8BrF4N/c14-9-2-1-7(3-10(9)16)6-19-12-5-8(15)4-11(17)13(12)18/h1-5,19H,6H2. The van der Waals surface area contributed by atoms with Crippen LogP contribution in [0.3, 0.4) is 0 Å². The highest BCUT2D eigenvalue weighted by atomic mass is 79.9. The maximum atomic E-state index is 13.3. The van der Waals surface area contributed by atoms with Crippen molar-refractivity contribution >= 4 is 21.6 Å². The average Bonchev–Trinajstić information content (AvgIpc) is 2.36.